The van der Waals surface area contributed by atoms with Gasteiger partial charge in [0.1, 0.15) is 12.4 Å². The summed E-state index contributed by atoms with van der Waals surface area (Å²) in [6.45, 7) is 8.68. The van der Waals surface area contributed by atoms with Crippen LogP contribution in [0.1, 0.15) is 31.2 Å². The predicted molar refractivity (Wildman–Crippen MR) is 133 cm³/mol. The molecule has 2 aromatic carbocycles. The molecule has 0 aliphatic rings. The van der Waals surface area contributed by atoms with Gasteiger partial charge in [-0.1, -0.05) is 55.4 Å². The highest BCUT2D eigenvalue weighted by atomic mass is 35.5. The van der Waals surface area contributed by atoms with Crippen molar-refractivity contribution in [3.8, 4) is 5.75 Å². The van der Waals surface area contributed by atoms with E-state index in [-0.39, 0.29) is 34.7 Å². The smallest absolute Gasteiger partial charge is 0.271 e. The van der Waals surface area contributed by atoms with Crippen molar-refractivity contribution in [3.05, 3.63) is 81.6 Å². The summed E-state index contributed by atoms with van der Waals surface area (Å²) >= 11 is 7.22. The maximum absolute atomic E-state index is 12.4. The molecule has 3 rings (SSSR count). The van der Waals surface area contributed by atoms with Gasteiger partial charge in [0.25, 0.3) is 5.69 Å². The number of amides is 1. The van der Waals surface area contributed by atoms with Gasteiger partial charge in [-0.15, -0.1) is 16.8 Å². The van der Waals surface area contributed by atoms with Crippen molar-refractivity contribution in [3.63, 3.8) is 0 Å². The van der Waals surface area contributed by atoms with E-state index in [2.05, 4.69) is 35.9 Å². The molecule has 34 heavy (non-hydrogen) atoms. The van der Waals surface area contributed by atoms with Gasteiger partial charge in [-0.3, -0.25) is 19.5 Å². The second-order valence-corrected chi connectivity index (χ2v) is 8.92. The molecular formula is C23H24ClN5O4S. The number of allylic oxidation sites excluding steroid dienone is 1. The molecule has 1 N–H and O–H groups in total. The van der Waals surface area contributed by atoms with Crippen LogP contribution < -0.4 is 10.1 Å². The molecule has 0 unspecified atom stereocenters. The SMILES string of the molecule is C=CCn1c(COc2ccc(C(C)C)cc2)nnc1SCC(=O)Nc1cc([N+](=O)[O-])ccc1Cl. The Morgan fingerprint density at radius 2 is 2.03 bits per heavy atom. The Bertz CT molecular complexity index is 1180. The van der Waals surface area contributed by atoms with Crippen molar-refractivity contribution < 1.29 is 14.5 Å². The third-order valence-electron chi connectivity index (χ3n) is 4.79. The van der Waals surface area contributed by atoms with E-state index < -0.39 is 4.92 Å². The number of anilines is 1. The number of halogens is 1. The van der Waals surface area contributed by atoms with Gasteiger partial charge in [-0.05, 0) is 29.7 Å². The van der Waals surface area contributed by atoms with E-state index in [1.807, 2.05) is 28.8 Å². The average molecular weight is 502 g/mol. The third-order valence-corrected chi connectivity index (χ3v) is 6.08. The minimum atomic E-state index is -0.555. The van der Waals surface area contributed by atoms with E-state index in [0.29, 0.717) is 23.4 Å². The number of hydrogen-bond donors (Lipinski definition) is 1. The number of benzene rings is 2. The lowest BCUT2D eigenvalue weighted by Gasteiger charge is -2.11. The lowest BCUT2D eigenvalue weighted by molar-refractivity contribution is -0.384. The molecule has 178 valence electrons. The van der Waals surface area contributed by atoms with Gasteiger partial charge in [0, 0.05) is 18.7 Å². The zero-order valence-electron chi connectivity index (χ0n) is 18.7. The standard InChI is InChI=1S/C23H24ClN5O4S/c1-4-11-28-21(13-33-18-8-5-16(6-9-18)15(2)3)26-27-23(28)34-14-22(30)25-20-12-17(29(31)32)7-10-19(20)24/h4-10,12,15H,1,11,13-14H2,2-3H3,(H,25,30). The Kier molecular flexibility index (Phi) is 8.67. The van der Waals surface area contributed by atoms with Gasteiger partial charge < -0.3 is 10.1 Å². The average Bonchev–Trinajstić information content (AvgIpc) is 3.19. The Labute approximate surface area is 206 Å². The molecule has 1 aromatic heterocycles. The first-order valence-electron chi connectivity index (χ1n) is 10.4. The highest BCUT2D eigenvalue weighted by Gasteiger charge is 2.16. The summed E-state index contributed by atoms with van der Waals surface area (Å²) in [4.78, 5) is 22.8. The van der Waals surface area contributed by atoms with E-state index in [0.717, 1.165) is 5.75 Å². The monoisotopic (exact) mass is 501 g/mol. The summed E-state index contributed by atoms with van der Waals surface area (Å²) in [6, 6.07) is 11.8. The second-order valence-electron chi connectivity index (χ2n) is 7.57. The quantitative estimate of drug-likeness (QED) is 0.161. The molecule has 0 saturated heterocycles. The summed E-state index contributed by atoms with van der Waals surface area (Å²) in [5.41, 5.74) is 1.23. The topological polar surface area (TPSA) is 112 Å². The predicted octanol–water partition coefficient (Wildman–Crippen LogP) is 5.46. The lowest BCUT2D eigenvalue weighted by atomic mass is 10.0. The molecule has 0 aliphatic carbocycles. The minimum absolute atomic E-state index is 0.00577. The first kappa shape index (κ1) is 25.3. The Morgan fingerprint density at radius 1 is 1.29 bits per heavy atom. The van der Waals surface area contributed by atoms with Crippen LogP contribution in [0.15, 0.2) is 60.3 Å². The molecule has 0 spiro atoms. The van der Waals surface area contributed by atoms with Gasteiger partial charge in [0.05, 0.1) is 21.4 Å². The molecule has 0 bridgehead atoms. The maximum atomic E-state index is 12.4. The van der Waals surface area contributed by atoms with E-state index in [1.54, 1.807) is 6.08 Å². The number of non-ortho nitro benzene ring substituents is 1. The first-order chi connectivity index (χ1) is 16.3. The normalized spacial score (nSPS) is 10.8. The van der Waals surface area contributed by atoms with Crippen LogP contribution in [0.25, 0.3) is 0 Å². The Morgan fingerprint density at radius 3 is 2.68 bits per heavy atom. The van der Waals surface area contributed by atoms with E-state index in [1.165, 1.54) is 35.5 Å². The van der Waals surface area contributed by atoms with Crippen LogP contribution in [0.3, 0.4) is 0 Å². The van der Waals surface area contributed by atoms with Crippen LogP contribution in [-0.4, -0.2) is 31.3 Å². The molecular weight excluding hydrogens is 478 g/mol. The van der Waals surface area contributed by atoms with Gasteiger partial charge in [-0.25, -0.2) is 0 Å². The number of rotatable bonds is 11. The zero-order chi connectivity index (χ0) is 24.7. The van der Waals surface area contributed by atoms with Gasteiger partial charge in [-0.2, -0.15) is 0 Å². The molecule has 0 fully saturated rings. The molecule has 0 atom stereocenters. The fourth-order valence-electron chi connectivity index (χ4n) is 2.98. The number of hydrogen-bond acceptors (Lipinski definition) is 7. The second kappa shape index (κ2) is 11.7. The minimum Gasteiger partial charge on any atom is -0.486 e. The van der Waals surface area contributed by atoms with Crippen molar-refractivity contribution in [1.29, 1.82) is 0 Å². The van der Waals surface area contributed by atoms with Gasteiger partial charge >= 0.3 is 0 Å². The molecule has 1 heterocycles. The fourth-order valence-corrected chi connectivity index (χ4v) is 3.91. The largest absolute Gasteiger partial charge is 0.486 e. The summed E-state index contributed by atoms with van der Waals surface area (Å²) < 4.78 is 7.67. The van der Waals surface area contributed by atoms with Crippen molar-refractivity contribution in [2.24, 2.45) is 0 Å². The number of carbonyl (C=O) groups is 1. The highest BCUT2D eigenvalue weighted by Crippen LogP contribution is 2.27. The molecule has 11 heteroatoms. The summed E-state index contributed by atoms with van der Waals surface area (Å²) in [5, 5.41) is 22.6. The molecule has 0 aliphatic heterocycles. The van der Waals surface area contributed by atoms with Crippen LogP contribution >= 0.6 is 23.4 Å². The number of nitro benzene ring substituents is 1. The van der Waals surface area contributed by atoms with Gasteiger partial charge in [0.15, 0.2) is 11.0 Å². The first-order valence-corrected chi connectivity index (χ1v) is 11.8. The van der Waals surface area contributed by atoms with Crippen molar-refractivity contribution >= 4 is 40.6 Å². The number of nitrogens with zero attached hydrogens (tertiary/aromatic N) is 4. The summed E-state index contributed by atoms with van der Waals surface area (Å²) in [5.74, 6) is 1.38. The molecule has 0 radical (unpaired) electrons. The molecule has 3 aromatic rings. The van der Waals surface area contributed by atoms with Crippen LogP contribution in [-0.2, 0) is 17.9 Å². The number of aromatic nitrogens is 3. The Hall–Kier alpha value is -3.37. The van der Waals surface area contributed by atoms with Crippen molar-refractivity contribution in [2.45, 2.75) is 38.1 Å². The fraction of sp³-hybridized carbons (Fsp3) is 0.261. The van der Waals surface area contributed by atoms with E-state index >= 15 is 0 Å². The number of nitro groups is 1. The molecule has 1 amide bonds. The number of thioether (sulfide) groups is 1. The number of carbonyl (C=O) groups excluding carboxylic acids is 1. The van der Waals surface area contributed by atoms with Gasteiger partial charge in [0.2, 0.25) is 5.91 Å². The Balaban J connectivity index is 1.63. The zero-order valence-corrected chi connectivity index (χ0v) is 20.3. The third kappa shape index (κ3) is 6.58. The number of ether oxygens (including phenoxy) is 1. The van der Waals surface area contributed by atoms with Crippen LogP contribution in [0, 0.1) is 10.1 Å². The van der Waals surface area contributed by atoms with E-state index in [4.69, 9.17) is 16.3 Å². The molecule has 9 nitrogen and oxygen atoms in total. The highest BCUT2D eigenvalue weighted by molar-refractivity contribution is 7.99. The van der Waals surface area contributed by atoms with Crippen LogP contribution in [0.4, 0.5) is 11.4 Å². The summed E-state index contributed by atoms with van der Waals surface area (Å²) in [7, 11) is 0. The van der Waals surface area contributed by atoms with Crippen molar-refractivity contribution in [1.82, 2.24) is 14.8 Å². The molecule has 0 saturated carbocycles. The maximum Gasteiger partial charge on any atom is 0.271 e. The van der Waals surface area contributed by atoms with Crippen LogP contribution in [0.2, 0.25) is 5.02 Å². The van der Waals surface area contributed by atoms with Crippen molar-refractivity contribution in [2.75, 3.05) is 11.1 Å². The van der Waals surface area contributed by atoms with E-state index in [9.17, 15) is 14.9 Å². The summed E-state index contributed by atoms with van der Waals surface area (Å²) in [6.07, 6.45) is 1.71. The van der Waals surface area contributed by atoms with Crippen LogP contribution in [0.5, 0.6) is 5.75 Å². The number of nitrogens with one attached hydrogen (secondary N) is 1. The lowest BCUT2D eigenvalue weighted by Crippen LogP contribution is -2.15.